The number of hydrogen-bond donors (Lipinski definition) is 2. The lowest BCUT2D eigenvalue weighted by Crippen LogP contribution is -2.38. The molecule has 124 valence electrons. The molecule has 0 spiro atoms. The van der Waals surface area contributed by atoms with Crippen LogP contribution < -0.4 is 10.6 Å². The van der Waals surface area contributed by atoms with Gasteiger partial charge in [0.05, 0.1) is 6.04 Å². The Morgan fingerprint density at radius 2 is 2.22 bits per heavy atom. The maximum absolute atomic E-state index is 13.7. The molecule has 2 N–H and O–H groups in total. The molecular formula is C16H23FN6. The molecular weight excluding hydrogens is 295 g/mol. The summed E-state index contributed by atoms with van der Waals surface area (Å²) in [5.74, 6) is 1.23. The van der Waals surface area contributed by atoms with Crippen LogP contribution >= 0.6 is 0 Å². The SMILES string of the molecule is CCNC(=NCc1nncn1C)NC(C)c1ccc(C)c(F)c1. The molecule has 0 bridgehead atoms. The lowest BCUT2D eigenvalue weighted by atomic mass is 10.1. The highest BCUT2D eigenvalue weighted by atomic mass is 19.1. The number of nitrogens with one attached hydrogen (secondary N) is 2. The third kappa shape index (κ3) is 4.51. The first kappa shape index (κ1) is 16.9. The molecule has 0 aliphatic carbocycles. The highest BCUT2D eigenvalue weighted by Gasteiger charge is 2.10. The highest BCUT2D eigenvalue weighted by molar-refractivity contribution is 5.80. The Kier molecular flexibility index (Phi) is 5.67. The van der Waals surface area contributed by atoms with Gasteiger partial charge in [0.2, 0.25) is 0 Å². The number of benzene rings is 1. The zero-order valence-electron chi connectivity index (χ0n) is 14.0. The quantitative estimate of drug-likeness (QED) is 0.654. The predicted octanol–water partition coefficient (Wildman–Crippen LogP) is 2.08. The van der Waals surface area contributed by atoms with E-state index in [1.54, 1.807) is 25.4 Å². The zero-order valence-corrected chi connectivity index (χ0v) is 14.0. The van der Waals surface area contributed by atoms with Crippen molar-refractivity contribution in [3.63, 3.8) is 0 Å². The van der Waals surface area contributed by atoms with E-state index in [1.165, 1.54) is 0 Å². The first-order valence-electron chi connectivity index (χ1n) is 7.65. The van der Waals surface area contributed by atoms with Crippen LogP contribution in [-0.2, 0) is 13.6 Å². The molecule has 1 atom stereocenters. The summed E-state index contributed by atoms with van der Waals surface area (Å²) in [4.78, 5) is 4.50. The summed E-state index contributed by atoms with van der Waals surface area (Å²) in [6.07, 6.45) is 1.64. The Balaban J connectivity index is 2.08. The number of aliphatic imine (C=N–C) groups is 1. The van der Waals surface area contributed by atoms with Gasteiger partial charge < -0.3 is 15.2 Å². The van der Waals surface area contributed by atoms with Crippen LogP contribution in [0.2, 0.25) is 0 Å². The molecule has 6 nitrogen and oxygen atoms in total. The number of halogens is 1. The molecule has 0 aliphatic heterocycles. The fourth-order valence-electron chi connectivity index (χ4n) is 2.09. The van der Waals surface area contributed by atoms with E-state index in [2.05, 4.69) is 25.8 Å². The standard InChI is InChI=1S/C16H23FN6/c1-5-18-16(19-9-15-22-20-10-23(15)4)21-12(3)13-7-6-11(2)14(17)8-13/h6-8,10,12H,5,9H2,1-4H3,(H2,18,19,21). The summed E-state index contributed by atoms with van der Waals surface area (Å²) in [5, 5.41) is 14.3. The van der Waals surface area contributed by atoms with E-state index in [0.717, 1.165) is 17.9 Å². The van der Waals surface area contributed by atoms with E-state index in [0.29, 0.717) is 18.1 Å². The van der Waals surface area contributed by atoms with Gasteiger partial charge in [-0.2, -0.15) is 0 Å². The van der Waals surface area contributed by atoms with E-state index in [1.807, 2.05) is 31.5 Å². The molecule has 7 heteroatoms. The predicted molar refractivity (Wildman–Crippen MR) is 88.5 cm³/mol. The molecule has 0 radical (unpaired) electrons. The number of guanidine groups is 1. The number of hydrogen-bond acceptors (Lipinski definition) is 3. The third-order valence-electron chi connectivity index (χ3n) is 3.58. The van der Waals surface area contributed by atoms with Crippen molar-refractivity contribution in [3.8, 4) is 0 Å². The molecule has 2 aromatic rings. The van der Waals surface area contributed by atoms with Crippen LogP contribution in [0.3, 0.4) is 0 Å². The topological polar surface area (TPSA) is 67.1 Å². The van der Waals surface area contributed by atoms with Crippen LogP contribution in [-0.4, -0.2) is 27.3 Å². The van der Waals surface area contributed by atoms with E-state index in [4.69, 9.17) is 0 Å². The van der Waals surface area contributed by atoms with Gasteiger partial charge in [-0.1, -0.05) is 12.1 Å². The van der Waals surface area contributed by atoms with Gasteiger partial charge in [0, 0.05) is 13.6 Å². The number of nitrogens with zero attached hydrogens (tertiary/aromatic N) is 4. The first-order chi connectivity index (χ1) is 11.0. The molecule has 1 aromatic heterocycles. The summed E-state index contributed by atoms with van der Waals surface area (Å²) in [6, 6.07) is 5.19. The Morgan fingerprint density at radius 1 is 1.43 bits per heavy atom. The van der Waals surface area contributed by atoms with Crippen molar-refractivity contribution < 1.29 is 4.39 Å². The van der Waals surface area contributed by atoms with Crippen molar-refractivity contribution in [3.05, 3.63) is 47.3 Å². The van der Waals surface area contributed by atoms with E-state index in [-0.39, 0.29) is 11.9 Å². The van der Waals surface area contributed by atoms with Crippen LogP contribution in [0.15, 0.2) is 29.5 Å². The molecule has 1 aromatic carbocycles. The zero-order chi connectivity index (χ0) is 16.8. The van der Waals surface area contributed by atoms with Crippen LogP contribution in [0.25, 0.3) is 0 Å². The monoisotopic (exact) mass is 318 g/mol. The van der Waals surface area contributed by atoms with Gasteiger partial charge in [0.1, 0.15) is 18.7 Å². The largest absolute Gasteiger partial charge is 0.357 e. The minimum absolute atomic E-state index is 0.0672. The van der Waals surface area contributed by atoms with Gasteiger partial charge in [-0.3, -0.25) is 0 Å². The van der Waals surface area contributed by atoms with Crippen LogP contribution in [0.5, 0.6) is 0 Å². The second-order valence-electron chi connectivity index (χ2n) is 5.43. The minimum Gasteiger partial charge on any atom is -0.357 e. The molecule has 0 saturated carbocycles. The number of aryl methyl sites for hydroxylation is 2. The van der Waals surface area contributed by atoms with Crippen molar-refractivity contribution in [2.45, 2.75) is 33.4 Å². The van der Waals surface area contributed by atoms with Crippen molar-refractivity contribution in [1.82, 2.24) is 25.4 Å². The van der Waals surface area contributed by atoms with E-state index >= 15 is 0 Å². The lowest BCUT2D eigenvalue weighted by Gasteiger charge is -2.18. The molecule has 0 amide bonds. The van der Waals surface area contributed by atoms with Gasteiger partial charge in [-0.15, -0.1) is 10.2 Å². The molecule has 23 heavy (non-hydrogen) atoms. The molecule has 2 rings (SSSR count). The first-order valence-corrected chi connectivity index (χ1v) is 7.65. The summed E-state index contributed by atoms with van der Waals surface area (Å²) in [7, 11) is 1.88. The summed E-state index contributed by atoms with van der Waals surface area (Å²) in [5.41, 5.74) is 1.51. The molecule has 0 saturated heterocycles. The van der Waals surface area contributed by atoms with Gasteiger partial charge in [0.25, 0.3) is 0 Å². The van der Waals surface area contributed by atoms with Gasteiger partial charge in [0.15, 0.2) is 11.8 Å². The lowest BCUT2D eigenvalue weighted by molar-refractivity contribution is 0.607. The summed E-state index contributed by atoms with van der Waals surface area (Å²) < 4.78 is 15.5. The van der Waals surface area contributed by atoms with Gasteiger partial charge in [-0.25, -0.2) is 9.38 Å². The summed E-state index contributed by atoms with van der Waals surface area (Å²) in [6.45, 7) is 6.87. The third-order valence-corrected chi connectivity index (χ3v) is 3.58. The van der Waals surface area contributed by atoms with Crippen molar-refractivity contribution >= 4 is 5.96 Å². The fraction of sp³-hybridized carbons (Fsp3) is 0.438. The molecule has 1 unspecified atom stereocenters. The second-order valence-corrected chi connectivity index (χ2v) is 5.43. The van der Waals surface area contributed by atoms with Crippen molar-refractivity contribution in [1.29, 1.82) is 0 Å². The van der Waals surface area contributed by atoms with Gasteiger partial charge in [-0.05, 0) is 38.0 Å². The Labute approximate surface area is 135 Å². The van der Waals surface area contributed by atoms with E-state index < -0.39 is 0 Å². The highest BCUT2D eigenvalue weighted by Crippen LogP contribution is 2.16. The Hall–Kier alpha value is -2.44. The molecule has 1 heterocycles. The smallest absolute Gasteiger partial charge is 0.192 e. The average Bonchev–Trinajstić information content (AvgIpc) is 2.93. The number of rotatable bonds is 5. The number of aromatic nitrogens is 3. The normalized spacial score (nSPS) is 13.0. The van der Waals surface area contributed by atoms with Gasteiger partial charge >= 0.3 is 0 Å². The molecule has 0 aliphatic rings. The Bertz CT molecular complexity index is 679. The Morgan fingerprint density at radius 3 is 2.83 bits per heavy atom. The fourth-order valence-corrected chi connectivity index (χ4v) is 2.09. The average molecular weight is 318 g/mol. The second kappa shape index (κ2) is 7.71. The minimum atomic E-state index is -0.197. The van der Waals surface area contributed by atoms with Crippen LogP contribution in [0.4, 0.5) is 4.39 Å². The van der Waals surface area contributed by atoms with Crippen molar-refractivity contribution in [2.75, 3.05) is 6.54 Å². The van der Waals surface area contributed by atoms with E-state index in [9.17, 15) is 4.39 Å². The van der Waals surface area contributed by atoms with Crippen LogP contribution in [0.1, 0.15) is 36.8 Å². The summed E-state index contributed by atoms with van der Waals surface area (Å²) >= 11 is 0. The van der Waals surface area contributed by atoms with Crippen molar-refractivity contribution in [2.24, 2.45) is 12.0 Å². The maximum atomic E-state index is 13.7. The van der Waals surface area contributed by atoms with Crippen LogP contribution in [0, 0.1) is 12.7 Å². The molecule has 0 fully saturated rings. The maximum Gasteiger partial charge on any atom is 0.192 e.